The fourth-order valence-corrected chi connectivity index (χ4v) is 3.91. The van der Waals surface area contributed by atoms with E-state index in [4.69, 9.17) is 12.2 Å². The normalized spacial score (nSPS) is 16.7. The van der Waals surface area contributed by atoms with Crippen LogP contribution in [0.2, 0.25) is 0 Å². The molecule has 1 saturated heterocycles. The van der Waals surface area contributed by atoms with E-state index in [2.05, 4.69) is 30.7 Å². The quantitative estimate of drug-likeness (QED) is 0.474. The molecule has 1 aromatic carbocycles. The molecule has 0 aliphatic carbocycles. The highest BCUT2D eigenvalue weighted by atomic mass is 32.1. The Morgan fingerprint density at radius 1 is 1.14 bits per heavy atom. The minimum Gasteiger partial charge on any atom is -0.343 e. The van der Waals surface area contributed by atoms with E-state index in [1.54, 1.807) is 12.1 Å². The average Bonchev–Trinajstić information content (AvgIpc) is 2.85. The van der Waals surface area contributed by atoms with Crippen LogP contribution in [0.1, 0.15) is 37.7 Å². The number of anilines is 1. The maximum Gasteiger partial charge on any atom is 0.270 e. The number of aromatic nitrogens is 1. The van der Waals surface area contributed by atoms with Crippen LogP contribution in [0.5, 0.6) is 0 Å². The smallest absolute Gasteiger partial charge is 0.270 e. The predicted octanol–water partition coefficient (Wildman–Crippen LogP) is 3.83. The van der Waals surface area contributed by atoms with Crippen molar-refractivity contribution in [2.45, 2.75) is 40.2 Å². The number of aryl methyl sites for hydroxylation is 1. The molecule has 7 heteroatoms. The van der Waals surface area contributed by atoms with Crippen molar-refractivity contribution in [1.82, 2.24) is 9.88 Å². The molecule has 0 saturated carbocycles. The van der Waals surface area contributed by atoms with Gasteiger partial charge in [-0.15, -0.1) is 0 Å². The Morgan fingerprint density at radius 3 is 2.39 bits per heavy atom. The fraction of sp³-hybridized carbons (Fsp3) is 0.286. The summed E-state index contributed by atoms with van der Waals surface area (Å²) in [6.07, 6.45) is 1.57. The molecular weight excluding hydrogens is 377 g/mol. The number of thiocarbonyl (C=S) groups is 1. The molecular formula is C21H22FN3O2S. The van der Waals surface area contributed by atoms with E-state index in [1.807, 2.05) is 19.9 Å². The highest BCUT2D eigenvalue weighted by Crippen LogP contribution is 2.28. The molecule has 3 rings (SSSR count). The van der Waals surface area contributed by atoms with E-state index in [9.17, 15) is 14.0 Å². The van der Waals surface area contributed by atoms with E-state index in [-0.39, 0.29) is 21.9 Å². The molecule has 1 aliphatic heterocycles. The lowest BCUT2D eigenvalue weighted by atomic mass is 10.1. The third-order valence-corrected chi connectivity index (χ3v) is 4.89. The molecule has 0 radical (unpaired) electrons. The second-order valence-electron chi connectivity index (χ2n) is 7.77. The van der Waals surface area contributed by atoms with Gasteiger partial charge in [0.05, 0.1) is 5.69 Å². The molecule has 2 aromatic rings. The highest BCUT2D eigenvalue weighted by molar-refractivity contribution is 7.80. The zero-order valence-corrected chi connectivity index (χ0v) is 17.3. The molecule has 1 N–H and O–H groups in total. The largest absolute Gasteiger partial charge is 0.343 e. The van der Waals surface area contributed by atoms with Crippen LogP contribution in [0.15, 0.2) is 35.9 Å². The summed E-state index contributed by atoms with van der Waals surface area (Å²) in [5.74, 6) is -1.65. The van der Waals surface area contributed by atoms with Crippen LogP contribution in [0.4, 0.5) is 10.1 Å². The first-order valence-electron chi connectivity index (χ1n) is 8.87. The van der Waals surface area contributed by atoms with Gasteiger partial charge >= 0.3 is 0 Å². The van der Waals surface area contributed by atoms with E-state index in [0.717, 1.165) is 21.9 Å². The molecule has 1 aromatic heterocycles. The van der Waals surface area contributed by atoms with Gasteiger partial charge in [0, 0.05) is 16.9 Å². The number of nitrogens with zero attached hydrogens (tertiary/aromatic N) is 2. The van der Waals surface area contributed by atoms with E-state index < -0.39 is 17.6 Å². The first kappa shape index (κ1) is 19.9. The number of hydrogen-bond acceptors (Lipinski definition) is 3. The van der Waals surface area contributed by atoms with Gasteiger partial charge in [0.15, 0.2) is 5.11 Å². The average molecular weight is 399 g/mol. The topological polar surface area (TPSA) is 54.3 Å². The van der Waals surface area contributed by atoms with Gasteiger partial charge in [-0.3, -0.25) is 19.8 Å². The first-order chi connectivity index (χ1) is 13.0. The Morgan fingerprint density at radius 2 is 1.82 bits per heavy atom. The monoisotopic (exact) mass is 399 g/mol. The molecule has 28 heavy (non-hydrogen) atoms. The van der Waals surface area contributed by atoms with Gasteiger partial charge in [-0.25, -0.2) is 4.39 Å². The summed E-state index contributed by atoms with van der Waals surface area (Å²) < 4.78 is 15.8. The number of carbonyl (C=O) groups is 2. The number of benzene rings is 1. The molecule has 1 aliphatic rings. The van der Waals surface area contributed by atoms with Gasteiger partial charge in [-0.1, -0.05) is 6.07 Å². The number of halogens is 1. The van der Waals surface area contributed by atoms with Crippen molar-refractivity contribution < 1.29 is 14.0 Å². The van der Waals surface area contributed by atoms with Crippen LogP contribution >= 0.6 is 12.2 Å². The number of rotatable bonds is 2. The maximum atomic E-state index is 13.6. The van der Waals surface area contributed by atoms with Gasteiger partial charge < -0.3 is 4.57 Å². The van der Waals surface area contributed by atoms with Gasteiger partial charge in [-0.2, -0.15) is 0 Å². The second kappa shape index (κ2) is 6.98. The molecule has 1 fully saturated rings. The van der Waals surface area contributed by atoms with E-state index in [0.29, 0.717) is 0 Å². The van der Waals surface area contributed by atoms with Crippen molar-refractivity contribution in [2.75, 3.05) is 4.90 Å². The fourth-order valence-electron chi connectivity index (χ4n) is 3.63. The molecule has 0 bridgehead atoms. The standard InChI is InChI=1S/C21H22FN3O2S/c1-12-9-14(13(2)25(12)21(3,4)5)10-17-18(26)23-20(28)24(19(17)27)16-8-6-7-15(22)11-16/h6-11H,1-5H3,(H,23,26,28)/b17-10+. The zero-order valence-electron chi connectivity index (χ0n) is 16.5. The van der Waals surface area contributed by atoms with Crippen LogP contribution in [0.3, 0.4) is 0 Å². The molecule has 2 heterocycles. The molecule has 146 valence electrons. The number of hydrogen-bond donors (Lipinski definition) is 1. The number of amides is 2. The second-order valence-corrected chi connectivity index (χ2v) is 8.16. The van der Waals surface area contributed by atoms with Crippen molar-refractivity contribution in [3.8, 4) is 0 Å². The molecule has 5 nitrogen and oxygen atoms in total. The third-order valence-electron chi connectivity index (χ3n) is 4.61. The Hall–Kier alpha value is -2.80. The van der Waals surface area contributed by atoms with Crippen molar-refractivity contribution in [3.05, 3.63) is 58.7 Å². The lowest BCUT2D eigenvalue weighted by Gasteiger charge is -2.29. The Bertz CT molecular complexity index is 1030. The van der Waals surface area contributed by atoms with Crippen molar-refractivity contribution in [1.29, 1.82) is 0 Å². The van der Waals surface area contributed by atoms with Gasteiger partial charge in [-0.05, 0) is 82.7 Å². The SMILES string of the molecule is Cc1cc(/C=C2\C(=O)NC(=S)N(c3cccc(F)c3)C2=O)c(C)n1C(C)(C)C. The lowest BCUT2D eigenvalue weighted by Crippen LogP contribution is -2.54. The lowest BCUT2D eigenvalue weighted by molar-refractivity contribution is -0.122. The summed E-state index contributed by atoms with van der Waals surface area (Å²) in [6, 6.07) is 7.46. The van der Waals surface area contributed by atoms with Crippen LogP contribution < -0.4 is 10.2 Å². The van der Waals surface area contributed by atoms with Crippen molar-refractivity contribution in [3.63, 3.8) is 0 Å². The summed E-state index contributed by atoms with van der Waals surface area (Å²) in [5.41, 5.74) is 2.83. The summed E-state index contributed by atoms with van der Waals surface area (Å²) in [5, 5.41) is 2.45. The van der Waals surface area contributed by atoms with Gasteiger partial charge in [0.2, 0.25) is 0 Å². The minimum absolute atomic E-state index is 0.0491. The van der Waals surface area contributed by atoms with Crippen LogP contribution in [0, 0.1) is 19.7 Å². The molecule has 0 spiro atoms. The third kappa shape index (κ3) is 3.49. The van der Waals surface area contributed by atoms with E-state index in [1.165, 1.54) is 18.2 Å². The van der Waals surface area contributed by atoms with Gasteiger partial charge in [0.25, 0.3) is 11.8 Å². The van der Waals surface area contributed by atoms with Crippen molar-refractivity contribution >= 4 is 40.9 Å². The number of carbonyl (C=O) groups excluding carboxylic acids is 2. The maximum absolute atomic E-state index is 13.6. The molecule has 2 amide bonds. The summed E-state index contributed by atoms with van der Waals surface area (Å²) in [6.45, 7) is 10.2. The summed E-state index contributed by atoms with van der Waals surface area (Å²) in [7, 11) is 0. The van der Waals surface area contributed by atoms with Crippen LogP contribution in [0.25, 0.3) is 6.08 Å². The van der Waals surface area contributed by atoms with Crippen molar-refractivity contribution in [2.24, 2.45) is 0 Å². The van der Waals surface area contributed by atoms with Crippen LogP contribution in [-0.2, 0) is 15.1 Å². The Labute approximate surface area is 168 Å². The first-order valence-corrected chi connectivity index (χ1v) is 9.28. The zero-order chi connectivity index (χ0) is 20.8. The molecule has 0 atom stereocenters. The van der Waals surface area contributed by atoms with Crippen LogP contribution in [-0.4, -0.2) is 21.5 Å². The Kier molecular flexibility index (Phi) is 4.97. The number of nitrogens with one attached hydrogen (secondary N) is 1. The summed E-state index contributed by atoms with van der Waals surface area (Å²) >= 11 is 5.14. The predicted molar refractivity (Wildman–Crippen MR) is 112 cm³/mol. The van der Waals surface area contributed by atoms with Gasteiger partial charge in [0.1, 0.15) is 11.4 Å². The minimum atomic E-state index is -0.583. The highest BCUT2D eigenvalue weighted by Gasteiger charge is 2.35. The Balaban J connectivity index is 2.08. The molecule has 0 unspecified atom stereocenters. The summed E-state index contributed by atoms with van der Waals surface area (Å²) in [4.78, 5) is 26.6. The van der Waals surface area contributed by atoms with E-state index >= 15 is 0 Å².